The maximum Gasteiger partial charge on any atom is 0.257 e. The maximum atomic E-state index is 13.1. The molecule has 0 fully saturated rings. The van der Waals surface area contributed by atoms with Crippen LogP contribution in [-0.2, 0) is 12.3 Å². The van der Waals surface area contributed by atoms with Gasteiger partial charge < -0.3 is 5.11 Å². The molecule has 1 atom stereocenters. The fourth-order valence-electron chi connectivity index (χ4n) is 3.28. The Labute approximate surface area is 188 Å². The molecule has 1 aliphatic rings. The van der Waals surface area contributed by atoms with Crippen LogP contribution in [0, 0.1) is 0 Å². The van der Waals surface area contributed by atoms with Crippen LogP contribution >= 0.6 is 39.1 Å². The number of hydrogen-bond donors (Lipinski definition) is 1. The van der Waals surface area contributed by atoms with Crippen molar-refractivity contribution in [2.24, 2.45) is 0 Å². The quantitative estimate of drug-likeness (QED) is 0.484. The highest BCUT2D eigenvalue weighted by Crippen LogP contribution is 2.44. The smallest absolute Gasteiger partial charge is 0.257 e. The molecule has 0 bridgehead atoms. The summed E-state index contributed by atoms with van der Waals surface area (Å²) in [5.41, 5.74) is 0.504. The Morgan fingerprint density at radius 2 is 1.69 bits per heavy atom. The Kier molecular flexibility index (Phi) is 6.64. The number of rotatable bonds is 3. The molecule has 1 amide bonds. The highest BCUT2D eigenvalue weighted by atomic mass is 79.9. The van der Waals surface area contributed by atoms with Gasteiger partial charge in [-0.25, -0.2) is 0 Å². The number of aromatic nitrogens is 1. The van der Waals surface area contributed by atoms with E-state index in [0.29, 0.717) is 32.4 Å². The molecule has 0 aliphatic carbocycles. The van der Waals surface area contributed by atoms with Crippen LogP contribution in [-0.4, -0.2) is 20.9 Å². The molecule has 29 heavy (non-hydrogen) atoms. The van der Waals surface area contributed by atoms with E-state index in [1.165, 1.54) is 11.1 Å². The number of hydrogen-bond acceptors (Lipinski definition) is 3. The number of pyridine rings is 1. The fraction of sp³-hybridized carbons (Fsp3) is 0.182. The Morgan fingerprint density at radius 3 is 2.31 bits per heavy atom. The Balaban J connectivity index is 0.00000117. The van der Waals surface area contributed by atoms with Crippen LogP contribution in [0.2, 0.25) is 10.0 Å². The number of halogens is 3. The van der Waals surface area contributed by atoms with Crippen molar-refractivity contribution >= 4 is 45.0 Å². The molecule has 2 heterocycles. The molecular weight excluding hydrogens is 475 g/mol. The molecule has 1 N–H and O–H groups in total. The summed E-state index contributed by atoms with van der Waals surface area (Å²) in [6.07, 6.45) is 1.52. The molecule has 0 saturated carbocycles. The van der Waals surface area contributed by atoms with Gasteiger partial charge in [0.1, 0.15) is 0 Å². The van der Waals surface area contributed by atoms with Crippen molar-refractivity contribution in [3.05, 3.63) is 97.7 Å². The van der Waals surface area contributed by atoms with E-state index in [2.05, 4.69) is 20.9 Å². The molecule has 4 rings (SSSR count). The number of amides is 1. The second-order valence-electron chi connectivity index (χ2n) is 6.23. The maximum absolute atomic E-state index is 13.1. The topological polar surface area (TPSA) is 53.4 Å². The minimum atomic E-state index is -1.63. The molecule has 1 aromatic heterocycles. The third kappa shape index (κ3) is 4.05. The summed E-state index contributed by atoms with van der Waals surface area (Å²) < 4.78 is 0.763. The van der Waals surface area contributed by atoms with Crippen LogP contribution in [0.15, 0.2) is 65.3 Å². The number of fused-ring (bicyclic) bond motifs is 1. The number of aliphatic hydroxyl groups is 1. The van der Waals surface area contributed by atoms with Gasteiger partial charge in [-0.2, -0.15) is 0 Å². The fourth-order valence-corrected chi connectivity index (χ4v) is 3.88. The van der Waals surface area contributed by atoms with Gasteiger partial charge in [0.15, 0.2) is 5.72 Å². The summed E-state index contributed by atoms with van der Waals surface area (Å²) in [6.45, 7) is 4.13. The molecule has 0 radical (unpaired) electrons. The largest absolute Gasteiger partial charge is 0.363 e. The Hall–Kier alpha value is -1.92. The minimum Gasteiger partial charge on any atom is -0.363 e. The van der Waals surface area contributed by atoms with Gasteiger partial charge in [0, 0.05) is 32.4 Å². The summed E-state index contributed by atoms with van der Waals surface area (Å²) in [5.74, 6) is -0.277. The van der Waals surface area contributed by atoms with E-state index in [0.717, 1.165) is 4.47 Å². The molecule has 2 aromatic carbocycles. The number of carbonyl (C=O) groups is 1. The molecule has 1 unspecified atom stereocenters. The first kappa shape index (κ1) is 21.8. The van der Waals surface area contributed by atoms with Gasteiger partial charge >= 0.3 is 0 Å². The van der Waals surface area contributed by atoms with Crippen LogP contribution < -0.4 is 0 Å². The predicted octanol–water partition coefficient (Wildman–Crippen LogP) is 6.03. The molecule has 0 spiro atoms. The van der Waals surface area contributed by atoms with Crippen LogP contribution in [0.25, 0.3) is 0 Å². The van der Waals surface area contributed by atoms with E-state index in [4.69, 9.17) is 23.2 Å². The van der Waals surface area contributed by atoms with Crippen LogP contribution in [0.5, 0.6) is 0 Å². The van der Waals surface area contributed by atoms with E-state index in [1.54, 1.807) is 54.6 Å². The van der Waals surface area contributed by atoms with Crippen molar-refractivity contribution in [3.8, 4) is 0 Å². The molecule has 4 nitrogen and oxygen atoms in total. The predicted molar refractivity (Wildman–Crippen MR) is 119 cm³/mol. The van der Waals surface area contributed by atoms with E-state index in [-0.39, 0.29) is 12.5 Å². The van der Waals surface area contributed by atoms with Gasteiger partial charge in [-0.3, -0.25) is 14.7 Å². The SMILES string of the molecule is CC.O=C1c2cc(Br)ccc2C(O)(c2ccc(Cl)cc2)N1Cc1ccc(Cl)cn1. The lowest BCUT2D eigenvalue weighted by Gasteiger charge is -2.34. The lowest BCUT2D eigenvalue weighted by atomic mass is 9.94. The Morgan fingerprint density at radius 1 is 1.03 bits per heavy atom. The van der Waals surface area contributed by atoms with Gasteiger partial charge in [-0.1, -0.05) is 71.2 Å². The molecule has 150 valence electrons. The first-order chi connectivity index (χ1) is 13.9. The van der Waals surface area contributed by atoms with Crippen molar-refractivity contribution in [1.82, 2.24) is 9.88 Å². The molecule has 0 saturated heterocycles. The highest BCUT2D eigenvalue weighted by molar-refractivity contribution is 9.10. The van der Waals surface area contributed by atoms with Crippen molar-refractivity contribution in [2.45, 2.75) is 26.1 Å². The molecular formula is C22H19BrCl2N2O2. The summed E-state index contributed by atoms with van der Waals surface area (Å²) in [4.78, 5) is 18.8. The molecule has 7 heteroatoms. The zero-order chi connectivity index (χ0) is 21.2. The molecule has 1 aliphatic heterocycles. The zero-order valence-corrected chi connectivity index (χ0v) is 19.0. The second-order valence-corrected chi connectivity index (χ2v) is 8.02. The van der Waals surface area contributed by atoms with E-state index >= 15 is 0 Å². The van der Waals surface area contributed by atoms with Crippen molar-refractivity contribution in [1.29, 1.82) is 0 Å². The first-order valence-electron chi connectivity index (χ1n) is 9.10. The van der Waals surface area contributed by atoms with Crippen LogP contribution in [0.4, 0.5) is 0 Å². The van der Waals surface area contributed by atoms with Crippen LogP contribution in [0.3, 0.4) is 0 Å². The van der Waals surface area contributed by atoms with E-state index in [9.17, 15) is 9.90 Å². The lowest BCUT2D eigenvalue weighted by molar-refractivity contribution is -0.0547. The number of benzene rings is 2. The van der Waals surface area contributed by atoms with Gasteiger partial charge in [-0.05, 0) is 36.4 Å². The van der Waals surface area contributed by atoms with Crippen molar-refractivity contribution in [3.63, 3.8) is 0 Å². The third-order valence-corrected chi connectivity index (χ3v) is 5.55. The van der Waals surface area contributed by atoms with Crippen molar-refractivity contribution < 1.29 is 9.90 Å². The van der Waals surface area contributed by atoms with Gasteiger partial charge in [0.25, 0.3) is 5.91 Å². The van der Waals surface area contributed by atoms with Crippen LogP contribution in [0.1, 0.15) is 41.0 Å². The monoisotopic (exact) mass is 492 g/mol. The van der Waals surface area contributed by atoms with Gasteiger partial charge in [0.2, 0.25) is 0 Å². The minimum absolute atomic E-state index is 0.126. The standard InChI is InChI=1S/C20H13BrCl2N2O2.C2H6/c21-13-3-8-18-17(9-13)19(26)25(11-16-7-6-15(23)10-24-16)20(18,27)12-1-4-14(22)5-2-12;1-2/h1-10,27H,11H2;1-2H3. The number of nitrogens with zero attached hydrogens (tertiary/aromatic N) is 2. The summed E-state index contributed by atoms with van der Waals surface area (Å²) in [5, 5.41) is 12.8. The lowest BCUT2D eigenvalue weighted by Crippen LogP contribution is -2.44. The van der Waals surface area contributed by atoms with E-state index in [1.807, 2.05) is 13.8 Å². The average molecular weight is 494 g/mol. The Bertz CT molecular complexity index is 1030. The highest BCUT2D eigenvalue weighted by Gasteiger charge is 2.50. The zero-order valence-electron chi connectivity index (χ0n) is 15.9. The average Bonchev–Trinajstić information content (AvgIpc) is 2.93. The third-order valence-electron chi connectivity index (χ3n) is 4.58. The second kappa shape index (κ2) is 8.84. The summed E-state index contributed by atoms with van der Waals surface area (Å²) >= 11 is 15.3. The summed E-state index contributed by atoms with van der Waals surface area (Å²) in [7, 11) is 0. The summed E-state index contributed by atoms with van der Waals surface area (Å²) in [6, 6.07) is 15.5. The number of carbonyl (C=O) groups excluding carboxylic acids is 1. The van der Waals surface area contributed by atoms with E-state index < -0.39 is 5.72 Å². The van der Waals surface area contributed by atoms with Crippen molar-refractivity contribution in [2.75, 3.05) is 0 Å². The van der Waals surface area contributed by atoms with Gasteiger partial charge in [-0.15, -0.1) is 0 Å². The first-order valence-corrected chi connectivity index (χ1v) is 10.7. The van der Waals surface area contributed by atoms with Gasteiger partial charge in [0.05, 0.1) is 17.3 Å². The molecule has 3 aromatic rings. The normalized spacial score (nSPS) is 17.6.